The van der Waals surface area contributed by atoms with Crippen LogP contribution in [0, 0.1) is 5.92 Å². The van der Waals surface area contributed by atoms with Gasteiger partial charge in [-0.25, -0.2) is 0 Å². The van der Waals surface area contributed by atoms with E-state index in [2.05, 4.69) is 5.32 Å². The summed E-state index contributed by atoms with van der Waals surface area (Å²) in [6, 6.07) is 0. The van der Waals surface area contributed by atoms with E-state index in [1.165, 1.54) is 0 Å². The first kappa shape index (κ1) is 6.99. The van der Waals surface area contributed by atoms with E-state index in [0.717, 1.165) is 19.5 Å². The van der Waals surface area contributed by atoms with Crippen LogP contribution in [0.15, 0.2) is 0 Å². The Morgan fingerprint density at radius 3 is 2.89 bits per heavy atom. The molecule has 0 aromatic carbocycles. The first-order valence-electron chi connectivity index (χ1n) is 3.34. The Balaban J connectivity index is 2.24. The van der Waals surface area contributed by atoms with E-state index in [1.54, 1.807) is 0 Å². The first-order chi connectivity index (χ1) is 4.34. The van der Waals surface area contributed by atoms with Gasteiger partial charge in [-0.1, -0.05) is 0 Å². The molecule has 1 saturated heterocycles. The summed E-state index contributed by atoms with van der Waals surface area (Å²) in [5.74, 6) is 0.273. The van der Waals surface area contributed by atoms with Gasteiger partial charge in [-0.05, 0) is 13.0 Å². The molecule has 1 fully saturated rings. The van der Waals surface area contributed by atoms with E-state index in [4.69, 9.17) is 10.2 Å². The number of nitrogens with one attached hydrogen (secondary N) is 1. The normalized spacial score (nSPS) is 30.7. The molecule has 54 valence electrons. The van der Waals surface area contributed by atoms with Crippen molar-refractivity contribution in [3.8, 4) is 0 Å². The highest BCUT2D eigenvalue weighted by Crippen LogP contribution is 2.11. The van der Waals surface area contributed by atoms with Gasteiger partial charge in [-0.15, -0.1) is 0 Å². The van der Waals surface area contributed by atoms with Crippen molar-refractivity contribution in [3.05, 3.63) is 0 Å². The van der Waals surface area contributed by atoms with Gasteiger partial charge in [0.05, 0.1) is 12.7 Å². The molecule has 0 radical (unpaired) electrons. The number of aliphatic hydroxyl groups excluding tert-OH is 2. The van der Waals surface area contributed by atoms with Crippen molar-refractivity contribution in [2.24, 2.45) is 5.92 Å². The van der Waals surface area contributed by atoms with Crippen LogP contribution in [0.3, 0.4) is 0 Å². The lowest BCUT2D eigenvalue weighted by molar-refractivity contribution is 0.0539. The van der Waals surface area contributed by atoms with Crippen molar-refractivity contribution in [1.82, 2.24) is 5.32 Å². The molecule has 2 atom stereocenters. The van der Waals surface area contributed by atoms with Crippen molar-refractivity contribution in [2.75, 3.05) is 19.7 Å². The van der Waals surface area contributed by atoms with Crippen molar-refractivity contribution in [2.45, 2.75) is 12.5 Å². The highest BCUT2D eigenvalue weighted by molar-refractivity contribution is 4.76. The summed E-state index contributed by atoms with van der Waals surface area (Å²) in [5.41, 5.74) is 0. The van der Waals surface area contributed by atoms with Gasteiger partial charge in [0.25, 0.3) is 0 Å². The van der Waals surface area contributed by atoms with E-state index in [0.29, 0.717) is 0 Å². The van der Waals surface area contributed by atoms with E-state index in [1.807, 2.05) is 0 Å². The smallest absolute Gasteiger partial charge is 0.0811 e. The largest absolute Gasteiger partial charge is 0.394 e. The summed E-state index contributed by atoms with van der Waals surface area (Å²) >= 11 is 0. The summed E-state index contributed by atoms with van der Waals surface area (Å²) in [7, 11) is 0. The third kappa shape index (κ3) is 1.64. The molecular weight excluding hydrogens is 118 g/mol. The van der Waals surface area contributed by atoms with E-state index < -0.39 is 6.10 Å². The Kier molecular flexibility index (Phi) is 2.45. The van der Waals surface area contributed by atoms with Crippen LogP contribution in [-0.4, -0.2) is 36.0 Å². The lowest BCUT2D eigenvalue weighted by atomic mass is 10.0. The lowest BCUT2D eigenvalue weighted by Crippen LogP contribution is -2.25. The summed E-state index contributed by atoms with van der Waals surface area (Å²) in [6.45, 7) is 1.72. The fraction of sp³-hybridized carbons (Fsp3) is 1.00. The van der Waals surface area contributed by atoms with Crippen molar-refractivity contribution >= 4 is 0 Å². The molecule has 0 aromatic heterocycles. The Morgan fingerprint density at radius 1 is 1.67 bits per heavy atom. The Bertz CT molecular complexity index is 81.1. The summed E-state index contributed by atoms with van der Waals surface area (Å²) in [4.78, 5) is 0. The summed E-state index contributed by atoms with van der Waals surface area (Å²) < 4.78 is 0. The minimum Gasteiger partial charge on any atom is -0.394 e. The molecule has 0 saturated carbocycles. The highest BCUT2D eigenvalue weighted by atomic mass is 16.3. The van der Waals surface area contributed by atoms with Gasteiger partial charge in [0, 0.05) is 12.5 Å². The number of hydrogen-bond acceptors (Lipinski definition) is 3. The molecular formula is C6H13NO2. The molecule has 1 aliphatic rings. The van der Waals surface area contributed by atoms with Crippen molar-refractivity contribution < 1.29 is 10.2 Å². The van der Waals surface area contributed by atoms with Gasteiger partial charge >= 0.3 is 0 Å². The van der Waals surface area contributed by atoms with Crippen LogP contribution in [-0.2, 0) is 0 Å². The molecule has 1 rings (SSSR count). The molecule has 0 spiro atoms. The van der Waals surface area contributed by atoms with Gasteiger partial charge in [-0.3, -0.25) is 0 Å². The van der Waals surface area contributed by atoms with Crippen LogP contribution < -0.4 is 5.32 Å². The minimum atomic E-state index is -0.514. The maximum absolute atomic E-state index is 9.07. The molecule has 2 unspecified atom stereocenters. The zero-order valence-corrected chi connectivity index (χ0v) is 5.38. The van der Waals surface area contributed by atoms with Gasteiger partial charge in [0.15, 0.2) is 0 Å². The number of rotatable bonds is 2. The molecule has 1 heterocycles. The van der Waals surface area contributed by atoms with Crippen LogP contribution in [0.2, 0.25) is 0 Å². The van der Waals surface area contributed by atoms with Gasteiger partial charge in [0.1, 0.15) is 0 Å². The molecule has 3 nitrogen and oxygen atoms in total. The second kappa shape index (κ2) is 3.15. The third-order valence-electron chi connectivity index (χ3n) is 1.83. The van der Waals surface area contributed by atoms with Crippen LogP contribution >= 0.6 is 0 Å². The fourth-order valence-corrected chi connectivity index (χ4v) is 1.15. The van der Waals surface area contributed by atoms with Gasteiger partial charge in [-0.2, -0.15) is 0 Å². The van der Waals surface area contributed by atoms with Crippen LogP contribution in [0.25, 0.3) is 0 Å². The summed E-state index contributed by atoms with van der Waals surface area (Å²) in [5, 5.41) is 20.7. The van der Waals surface area contributed by atoms with Gasteiger partial charge < -0.3 is 15.5 Å². The molecule has 0 aliphatic carbocycles. The fourth-order valence-electron chi connectivity index (χ4n) is 1.15. The zero-order chi connectivity index (χ0) is 6.69. The standard InChI is InChI=1S/C6H13NO2/c8-4-6(9)5-1-2-7-3-5/h5-9H,1-4H2. The molecule has 3 N–H and O–H groups in total. The predicted octanol–water partition coefficient (Wildman–Crippen LogP) is -1.05. The predicted molar refractivity (Wildman–Crippen MR) is 34.1 cm³/mol. The molecule has 0 aromatic rings. The van der Waals surface area contributed by atoms with Gasteiger partial charge in [0.2, 0.25) is 0 Å². The highest BCUT2D eigenvalue weighted by Gasteiger charge is 2.21. The molecule has 9 heavy (non-hydrogen) atoms. The van der Waals surface area contributed by atoms with E-state index in [9.17, 15) is 0 Å². The van der Waals surface area contributed by atoms with Crippen LogP contribution in [0.4, 0.5) is 0 Å². The molecule has 1 aliphatic heterocycles. The Labute approximate surface area is 54.7 Å². The quantitative estimate of drug-likeness (QED) is 0.448. The average molecular weight is 131 g/mol. The Hall–Kier alpha value is -0.120. The third-order valence-corrected chi connectivity index (χ3v) is 1.83. The average Bonchev–Trinajstić information content (AvgIpc) is 2.37. The van der Waals surface area contributed by atoms with Crippen molar-refractivity contribution in [3.63, 3.8) is 0 Å². The molecule has 0 amide bonds. The maximum atomic E-state index is 9.07. The second-order valence-corrected chi connectivity index (χ2v) is 2.50. The van der Waals surface area contributed by atoms with Crippen LogP contribution in [0.1, 0.15) is 6.42 Å². The lowest BCUT2D eigenvalue weighted by Gasteiger charge is -2.12. The van der Waals surface area contributed by atoms with E-state index >= 15 is 0 Å². The van der Waals surface area contributed by atoms with Crippen LogP contribution in [0.5, 0.6) is 0 Å². The first-order valence-corrected chi connectivity index (χ1v) is 3.34. The molecule has 0 bridgehead atoms. The Morgan fingerprint density at radius 2 is 2.44 bits per heavy atom. The topological polar surface area (TPSA) is 52.5 Å². The summed E-state index contributed by atoms with van der Waals surface area (Å²) in [6.07, 6.45) is 0.474. The molecule has 3 heteroatoms. The second-order valence-electron chi connectivity index (χ2n) is 2.50. The maximum Gasteiger partial charge on any atom is 0.0811 e. The van der Waals surface area contributed by atoms with E-state index in [-0.39, 0.29) is 12.5 Å². The number of aliphatic hydroxyl groups is 2. The zero-order valence-electron chi connectivity index (χ0n) is 5.38. The minimum absolute atomic E-state index is 0.105. The van der Waals surface area contributed by atoms with Crippen molar-refractivity contribution in [1.29, 1.82) is 0 Å². The SMILES string of the molecule is OCC(O)C1CCNC1. The number of hydrogen-bond donors (Lipinski definition) is 3. The monoisotopic (exact) mass is 131 g/mol.